The van der Waals surface area contributed by atoms with Gasteiger partial charge in [0.05, 0.1) is 17.1 Å². The molecule has 1 aliphatic carbocycles. The molecule has 134 valence electrons. The van der Waals surface area contributed by atoms with Gasteiger partial charge in [-0.15, -0.1) is 11.8 Å². The number of aliphatic hydroxyl groups excluding tert-OH is 1. The van der Waals surface area contributed by atoms with Crippen LogP contribution in [0.3, 0.4) is 0 Å². The Bertz CT molecular complexity index is 720. The van der Waals surface area contributed by atoms with Gasteiger partial charge in [-0.1, -0.05) is 43.0 Å². The van der Waals surface area contributed by atoms with Crippen molar-refractivity contribution < 1.29 is 14.7 Å². The normalized spacial score (nSPS) is 19.2. The molecule has 1 fully saturated rings. The fourth-order valence-corrected chi connectivity index (χ4v) is 4.67. The maximum atomic E-state index is 13.2. The number of amides is 2. The van der Waals surface area contributed by atoms with Gasteiger partial charge in [0.1, 0.15) is 0 Å². The number of rotatable bonds is 5. The molecule has 2 amide bonds. The summed E-state index contributed by atoms with van der Waals surface area (Å²) < 4.78 is 0. The van der Waals surface area contributed by atoms with Crippen LogP contribution in [0.25, 0.3) is 5.57 Å². The number of hydrogen-bond donors (Lipinski definition) is 1. The molecule has 0 radical (unpaired) electrons. The molecular weight excluding hydrogens is 334 g/mol. The molecule has 5 heteroatoms. The van der Waals surface area contributed by atoms with Crippen LogP contribution in [0.2, 0.25) is 0 Å². The molecule has 0 saturated heterocycles. The van der Waals surface area contributed by atoms with Crippen molar-refractivity contribution in [2.45, 2.75) is 52.0 Å². The smallest absolute Gasteiger partial charge is 0.268 e. The first-order chi connectivity index (χ1) is 12.0. The minimum absolute atomic E-state index is 0.0147. The molecule has 0 spiro atoms. The van der Waals surface area contributed by atoms with Crippen LogP contribution in [0, 0.1) is 13.8 Å². The van der Waals surface area contributed by atoms with Crippen molar-refractivity contribution in [1.82, 2.24) is 4.90 Å². The zero-order valence-electron chi connectivity index (χ0n) is 14.9. The number of nitrogens with zero attached hydrogens (tertiary/aromatic N) is 1. The molecule has 0 aromatic heterocycles. The Balaban J connectivity index is 2.02. The average Bonchev–Trinajstić information content (AvgIpc) is 2.84. The number of hydrogen-bond acceptors (Lipinski definition) is 4. The molecule has 0 atom stereocenters. The van der Waals surface area contributed by atoms with Gasteiger partial charge in [-0.3, -0.25) is 14.5 Å². The lowest BCUT2D eigenvalue weighted by atomic mass is 9.94. The SMILES string of the molecule is Cc1ccc(C2=C(SCCO)C(=O)N(C3CCCCC3)C2=O)c(C)c1. The third-order valence-corrected chi connectivity index (χ3v) is 6.06. The predicted octanol–water partition coefficient (Wildman–Crippen LogP) is 3.44. The molecule has 1 saturated carbocycles. The van der Waals surface area contributed by atoms with Crippen molar-refractivity contribution in [3.8, 4) is 0 Å². The molecule has 1 aromatic rings. The number of aryl methyl sites for hydroxylation is 2. The number of carbonyl (C=O) groups is 2. The fraction of sp³-hybridized carbons (Fsp3) is 0.500. The quantitative estimate of drug-likeness (QED) is 0.818. The summed E-state index contributed by atoms with van der Waals surface area (Å²) in [6, 6.07) is 5.97. The van der Waals surface area contributed by atoms with Crippen molar-refractivity contribution in [1.29, 1.82) is 0 Å². The molecule has 0 bridgehead atoms. The van der Waals surface area contributed by atoms with E-state index in [9.17, 15) is 14.7 Å². The highest BCUT2D eigenvalue weighted by Crippen LogP contribution is 2.40. The van der Waals surface area contributed by atoms with Crippen LogP contribution in [-0.4, -0.2) is 40.2 Å². The van der Waals surface area contributed by atoms with Crippen LogP contribution < -0.4 is 0 Å². The summed E-state index contributed by atoms with van der Waals surface area (Å²) in [5.74, 6) is 0.0796. The average molecular weight is 359 g/mol. The lowest BCUT2D eigenvalue weighted by Gasteiger charge is -2.30. The van der Waals surface area contributed by atoms with Crippen LogP contribution in [0.4, 0.5) is 0 Å². The molecular formula is C20H25NO3S. The van der Waals surface area contributed by atoms with Crippen molar-refractivity contribution in [3.05, 3.63) is 39.8 Å². The molecule has 25 heavy (non-hydrogen) atoms. The monoisotopic (exact) mass is 359 g/mol. The Morgan fingerprint density at radius 3 is 2.48 bits per heavy atom. The second-order valence-corrected chi connectivity index (χ2v) is 7.97. The Labute approximate surface area is 153 Å². The van der Waals surface area contributed by atoms with Gasteiger partial charge < -0.3 is 5.11 Å². The van der Waals surface area contributed by atoms with E-state index in [1.165, 1.54) is 23.1 Å². The van der Waals surface area contributed by atoms with Crippen molar-refractivity contribution in [2.24, 2.45) is 0 Å². The molecule has 3 rings (SSSR count). The van der Waals surface area contributed by atoms with Gasteiger partial charge in [-0.25, -0.2) is 0 Å². The van der Waals surface area contributed by atoms with Gasteiger partial charge >= 0.3 is 0 Å². The fourth-order valence-electron chi connectivity index (χ4n) is 3.81. The molecule has 0 unspecified atom stereocenters. The van der Waals surface area contributed by atoms with Gasteiger partial charge in [-0.05, 0) is 37.8 Å². The predicted molar refractivity (Wildman–Crippen MR) is 101 cm³/mol. The van der Waals surface area contributed by atoms with Crippen LogP contribution in [0.1, 0.15) is 48.8 Å². The number of carbonyl (C=O) groups excluding carboxylic acids is 2. The van der Waals surface area contributed by atoms with Gasteiger partial charge in [0.2, 0.25) is 0 Å². The zero-order valence-corrected chi connectivity index (χ0v) is 15.7. The maximum Gasteiger partial charge on any atom is 0.268 e. The first kappa shape index (κ1) is 18.2. The summed E-state index contributed by atoms with van der Waals surface area (Å²) >= 11 is 1.30. The molecule has 1 aromatic carbocycles. The van der Waals surface area contributed by atoms with E-state index in [1.807, 2.05) is 32.0 Å². The van der Waals surface area contributed by atoms with E-state index in [0.29, 0.717) is 16.2 Å². The molecule has 1 aliphatic heterocycles. The largest absolute Gasteiger partial charge is 0.396 e. The van der Waals surface area contributed by atoms with E-state index in [4.69, 9.17) is 0 Å². The number of thioether (sulfide) groups is 1. The highest BCUT2D eigenvalue weighted by molar-refractivity contribution is 8.04. The van der Waals surface area contributed by atoms with Crippen molar-refractivity contribution >= 4 is 29.1 Å². The summed E-state index contributed by atoms with van der Waals surface area (Å²) in [6.07, 6.45) is 5.11. The number of imide groups is 1. The first-order valence-corrected chi connectivity index (χ1v) is 9.96. The third kappa shape index (κ3) is 3.53. The molecule has 2 aliphatic rings. The Kier molecular flexibility index (Phi) is 5.64. The third-order valence-electron chi connectivity index (χ3n) is 5.00. The summed E-state index contributed by atoms with van der Waals surface area (Å²) in [6.45, 7) is 3.98. The minimum Gasteiger partial charge on any atom is -0.396 e. The van der Waals surface area contributed by atoms with Crippen LogP contribution in [0.5, 0.6) is 0 Å². The van der Waals surface area contributed by atoms with Gasteiger partial charge in [-0.2, -0.15) is 0 Å². The second-order valence-electron chi connectivity index (χ2n) is 6.87. The highest BCUT2D eigenvalue weighted by Gasteiger charge is 2.43. The highest BCUT2D eigenvalue weighted by atomic mass is 32.2. The summed E-state index contributed by atoms with van der Waals surface area (Å²) in [5.41, 5.74) is 3.49. The summed E-state index contributed by atoms with van der Waals surface area (Å²) in [4.78, 5) is 28.2. The number of aliphatic hydroxyl groups is 1. The molecule has 1 heterocycles. The van der Waals surface area contributed by atoms with Crippen molar-refractivity contribution in [3.63, 3.8) is 0 Å². The van der Waals surface area contributed by atoms with E-state index in [2.05, 4.69) is 0 Å². The lowest BCUT2D eigenvalue weighted by Crippen LogP contribution is -2.42. The van der Waals surface area contributed by atoms with Gasteiger partial charge in [0.25, 0.3) is 11.8 Å². The lowest BCUT2D eigenvalue weighted by molar-refractivity contribution is -0.139. The van der Waals surface area contributed by atoms with Gasteiger partial charge in [0, 0.05) is 11.8 Å². The standard InChI is InChI=1S/C20H25NO3S/c1-13-8-9-16(14(2)12-13)17-18(25-11-10-22)20(24)21(19(17)23)15-6-4-3-5-7-15/h8-9,12,15,22H,3-7,10-11H2,1-2H3. The second kappa shape index (κ2) is 7.75. The van der Waals surface area contributed by atoms with Gasteiger partial charge in [0.15, 0.2) is 0 Å². The van der Waals surface area contributed by atoms with E-state index in [-0.39, 0.29) is 24.5 Å². The Hall–Kier alpha value is -1.59. The van der Waals surface area contributed by atoms with E-state index in [1.54, 1.807) is 0 Å². The van der Waals surface area contributed by atoms with E-state index < -0.39 is 0 Å². The first-order valence-electron chi connectivity index (χ1n) is 8.98. The topological polar surface area (TPSA) is 57.6 Å². The van der Waals surface area contributed by atoms with E-state index in [0.717, 1.165) is 42.4 Å². The van der Waals surface area contributed by atoms with Crippen LogP contribution >= 0.6 is 11.8 Å². The molecule has 1 N–H and O–H groups in total. The maximum absolute atomic E-state index is 13.2. The Morgan fingerprint density at radius 2 is 1.84 bits per heavy atom. The van der Waals surface area contributed by atoms with Crippen LogP contribution in [0.15, 0.2) is 23.1 Å². The zero-order chi connectivity index (χ0) is 18.0. The van der Waals surface area contributed by atoms with E-state index >= 15 is 0 Å². The molecule has 4 nitrogen and oxygen atoms in total. The summed E-state index contributed by atoms with van der Waals surface area (Å²) in [7, 11) is 0. The summed E-state index contributed by atoms with van der Waals surface area (Å²) in [5, 5.41) is 9.19. The number of benzene rings is 1. The van der Waals surface area contributed by atoms with Crippen LogP contribution in [-0.2, 0) is 9.59 Å². The van der Waals surface area contributed by atoms with Crippen molar-refractivity contribution in [2.75, 3.05) is 12.4 Å². The minimum atomic E-state index is -0.176. The Morgan fingerprint density at radius 1 is 1.12 bits per heavy atom.